The molecule has 104 valence electrons. The SMILES string of the molecule is NCc1nc(C(=O)N[C@@H](CCC(N)=O)C(=O)O)cs1. The number of nitrogens with one attached hydrogen (secondary N) is 1. The number of carbonyl (C=O) groups is 3. The van der Waals surface area contributed by atoms with E-state index in [1.54, 1.807) is 0 Å². The molecule has 1 atom stereocenters. The Morgan fingerprint density at radius 3 is 2.63 bits per heavy atom. The quantitative estimate of drug-likeness (QED) is 0.508. The third-order valence-electron chi connectivity index (χ3n) is 2.24. The Bertz CT molecular complexity index is 488. The molecule has 0 saturated carbocycles. The van der Waals surface area contributed by atoms with Crippen molar-refractivity contribution in [2.24, 2.45) is 11.5 Å². The smallest absolute Gasteiger partial charge is 0.326 e. The van der Waals surface area contributed by atoms with Crippen LogP contribution in [0.2, 0.25) is 0 Å². The van der Waals surface area contributed by atoms with Crippen LogP contribution in [0.25, 0.3) is 0 Å². The Morgan fingerprint density at radius 1 is 1.47 bits per heavy atom. The lowest BCUT2D eigenvalue weighted by molar-refractivity contribution is -0.139. The summed E-state index contributed by atoms with van der Waals surface area (Å²) in [5, 5.41) is 13.3. The van der Waals surface area contributed by atoms with Crippen LogP contribution < -0.4 is 16.8 Å². The van der Waals surface area contributed by atoms with Gasteiger partial charge in [0.15, 0.2) is 0 Å². The van der Waals surface area contributed by atoms with Crippen LogP contribution in [0.3, 0.4) is 0 Å². The highest BCUT2D eigenvalue weighted by Crippen LogP contribution is 2.09. The monoisotopic (exact) mass is 286 g/mol. The average molecular weight is 286 g/mol. The standard InChI is InChI=1S/C10H14N4O4S/c11-3-8-13-6(4-19-8)9(16)14-5(10(17)18)1-2-7(12)15/h4-5H,1-3,11H2,(H2,12,15)(H,14,16)(H,17,18)/t5-/m0/s1. The van der Waals surface area contributed by atoms with Crippen LogP contribution >= 0.6 is 11.3 Å². The van der Waals surface area contributed by atoms with Crippen LogP contribution in [0.15, 0.2) is 5.38 Å². The van der Waals surface area contributed by atoms with E-state index in [9.17, 15) is 14.4 Å². The molecule has 9 heteroatoms. The van der Waals surface area contributed by atoms with E-state index in [0.717, 1.165) is 0 Å². The largest absolute Gasteiger partial charge is 0.480 e. The van der Waals surface area contributed by atoms with Crippen molar-refractivity contribution in [3.8, 4) is 0 Å². The summed E-state index contributed by atoms with van der Waals surface area (Å²) >= 11 is 1.21. The predicted octanol–water partition coefficient (Wildman–Crippen LogP) is -0.950. The highest BCUT2D eigenvalue weighted by atomic mass is 32.1. The van der Waals surface area contributed by atoms with Crippen LogP contribution in [-0.2, 0) is 16.1 Å². The van der Waals surface area contributed by atoms with E-state index >= 15 is 0 Å². The number of hydrogen-bond acceptors (Lipinski definition) is 6. The number of aliphatic carboxylic acids is 1. The number of nitrogens with two attached hydrogens (primary N) is 2. The van der Waals surface area contributed by atoms with Gasteiger partial charge in [0.2, 0.25) is 5.91 Å². The van der Waals surface area contributed by atoms with E-state index in [1.807, 2.05) is 0 Å². The van der Waals surface area contributed by atoms with E-state index in [-0.39, 0.29) is 25.1 Å². The Kier molecular flexibility index (Phi) is 5.39. The lowest BCUT2D eigenvalue weighted by atomic mass is 10.1. The van der Waals surface area contributed by atoms with Crippen LogP contribution in [0.1, 0.15) is 28.3 Å². The number of nitrogens with zero attached hydrogens (tertiary/aromatic N) is 1. The number of hydrogen-bond donors (Lipinski definition) is 4. The second-order valence-corrected chi connectivity index (χ2v) is 4.64. The summed E-state index contributed by atoms with van der Waals surface area (Å²) in [5.74, 6) is -2.48. The molecular weight excluding hydrogens is 272 g/mol. The Hall–Kier alpha value is -2.00. The van der Waals surface area contributed by atoms with E-state index in [1.165, 1.54) is 16.7 Å². The van der Waals surface area contributed by atoms with Gasteiger partial charge >= 0.3 is 5.97 Å². The van der Waals surface area contributed by atoms with E-state index in [4.69, 9.17) is 16.6 Å². The summed E-state index contributed by atoms with van der Waals surface area (Å²) in [6.45, 7) is 0.210. The van der Waals surface area contributed by atoms with Gasteiger partial charge in [-0.25, -0.2) is 9.78 Å². The minimum absolute atomic E-state index is 0.0652. The molecule has 0 aliphatic rings. The van der Waals surface area contributed by atoms with E-state index in [0.29, 0.717) is 5.01 Å². The number of carboxylic acid groups (broad SMARTS) is 1. The van der Waals surface area contributed by atoms with Crippen molar-refractivity contribution in [2.75, 3.05) is 0 Å². The number of primary amides is 1. The Labute approximate surface area is 112 Å². The molecule has 1 aromatic heterocycles. The van der Waals surface area contributed by atoms with Crippen LogP contribution in [-0.4, -0.2) is 33.9 Å². The number of thiazole rings is 1. The van der Waals surface area contributed by atoms with Crippen molar-refractivity contribution < 1.29 is 19.5 Å². The summed E-state index contributed by atoms with van der Waals surface area (Å²) in [6, 6.07) is -1.18. The first kappa shape index (κ1) is 15.1. The van der Waals surface area contributed by atoms with Crippen molar-refractivity contribution in [1.29, 1.82) is 0 Å². The van der Waals surface area contributed by atoms with Gasteiger partial charge < -0.3 is 21.9 Å². The van der Waals surface area contributed by atoms with Crippen molar-refractivity contribution in [1.82, 2.24) is 10.3 Å². The summed E-state index contributed by atoms with van der Waals surface area (Å²) in [7, 11) is 0. The molecule has 0 unspecified atom stereocenters. The third kappa shape index (κ3) is 4.64. The van der Waals surface area contributed by atoms with Gasteiger partial charge in [0.05, 0.1) is 0 Å². The highest BCUT2D eigenvalue weighted by molar-refractivity contribution is 7.09. The first-order chi connectivity index (χ1) is 8.93. The van der Waals surface area contributed by atoms with Gasteiger partial charge in [-0.15, -0.1) is 11.3 Å². The van der Waals surface area contributed by atoms with Crippen LogP contribution in [0.4, 0.5) is 0 Å². The topological polar surface area (TPSA) is 148 Å². The van der Waals surface area contributed by atoms with Gasteiger partial charge in [-0.1, -0.05) is 0 Å². The van der Waals surface area contributed by atoms with Crippen LogP contribution in [0, 0.1) is 0 Å². The molecule has 0 radical (unpaired) electrons. The zero-order valence-corrected chi connectivity index (χ0v) is 10.8. The van der Waals surface area contributed by atoms with Gasteiger partial charge in [0.1, 0.15) is 16.7 Å². The fourth-order valence-electron chi connectivity index (χ4n) is 1.29. The minimum atomic E-state index is -1.23. The van der Waals surface area contributed by atoms with Crippen molar-refractivity contribution in [2.45, 2.75) is 25.4 Å². The maximum Gasteiger partial charge on any atom is 0.326 e. The lowest BCUT2D eigenvalue weighted by Gasteiger charge is -2.12. The fourth-order valence-corrected chi connectivity index (χ4v) is 1.94. The van der Waals surface area contributed by atoms with Gasteiger partial charge in [0.25, 0.3) is 5.91 Å². The van der Waals surface area contributed by atoms with Gasteiger partial charge in [-0.3, -0.25) is 9.59 Å². The van der Waals surface area contributed by atoms with Gasteiger partial charge in [-0.2, -0.15) is 0 Å². The molecule has 1 rings (SSSR count). The van der Waals surface area contributed by atoms with Crippen LogP contribution in [0.5, 0.6) is 0 Å². The molecule has 0 aliphatic heterocycles. The molecule has 0 aromatic carbocycles. The molecule has 0 spiro atoms. The maximum absolute atomic E-state index is 11.7. The summed E-state index contributed by atoms with van der Waals surface area (Å²) in [6.07, 6.45) is -0.188. The molecule has 0 bridgehead atoms. The predicted molar refractivity (Wildman–Crippen MR) is 67.3 cm³/mol. The van der Waals surface area contributed by atoms with Crippen molar-refractivity contribution >= 4 is 29.1 Å². The van der Waals surface area contributed by atoms with Crippen molar-refractivity contribution in [3.05, 3.63) is 16.1 Å². The zero-order valence-electron chi connectivity index (χ0n) is 9.96. The van der Waals surface area contributed by atoms with E-state index in [2.05, 4.69) is 10.3 Å². The summed E-state index contributed by atoms with van der Waals surface area (Å²) in [5.41, 5.74) is 10.4. The number of rotatable bonds is 7. The number of carboxylic acids is 1. The molecule has 0 saturated heterocycles. The molecule has 1 aromatic rings. The Morgan fingerprint density at radius 2 is 2.16 bits per heavy atom. The molecule has 0 aliphatic carbocycles. The van der Waals surface area contributed by atoms with Gasteiger partial charge in [0, 0.05) is 18.3 Å². The highest BCUT2D eigenvalue weighted by Gasteiger charge is 2.22. The lowest BCUT2D eigenvalue weighted by Crippen LogP contribution is -2.41. The molecule has 8 nitrogen and oxygen atoms in total. The second kappa shape index (κ2) is 6.81. The molecule has 19 heavy (non-hydrogen) atoms. The maximum atomic E-state index is 11.7. The normalized spacial score (nSPS) is 11.8. The molecule has 2 amide bonds. The van der Waals surface area contributed by atoms with Gasteiger partial charge in [-0.05, 0) is 6.42 Å². The summed E-state index contributed by atoms with van der Waals surface area (Å²) < 4.78 is 0. The first-order valence-electron chi connectivity index (χ1n) is 5.40. The van der Waals surface area contributed by atoms with Crippen molar-refractivity contribution in [3.63, 3.8) is 0 Å². The second-order valence-electron chi connectivity index (χ2n) is 3.70. The zero-order chi connectivity index (χ0) is 14.4. The Balaban J connectivity index is 2.65. The number of aromatic nitrogens is 1. The minimum Gasteiger partial charge on any atom is -0.480 e. The molecular formula is C10H14N4O4S. The van der Waals surface area contributed by atoms with E-state index < -0.39 is 23.8 Å². The summed E-state index contributed by atoms with van der Waals surface area (Å²) in [4.78, 5) is 37.2. The average Bonchev–Trinajstić information content (AvgIpc) is 2.82. The molecule has 6 N–H and O–H groups in total. The molecule has 1 heterocycles. The first-order valence-corrected chi connectivity index (χ1v) is 6.28. The fraction of sp³-hybridized carbons (Fsp3) is 0.400. The molecule has 0 fully saturated rings. The number of carbonyl (C=O) groups excluding carboxylic acids is 2. The third-order valence-corrected chi connectivity index (χ3v) is 3.11. The number of amides is 2.